The van der Waals surface area contributed by atoms with Crippen molar-refractivity contribution in [1.82, 2.24) is 15.1 Å². The summed E-state index contributed by atoms with van der Waals surface area (Å²) < 4.78 is 5.64. The van der Waals surface area contributed by atoms with E-state index in [-0.39, 0.29) is 17.2 Å². The number of nitrogens with one attached hydrogen (secondary N) is 1. The summed E-state index contributed by atoms with van der Waals surface area (Å²) in [7, 11) is 3.91. The van der Waals surface area contributed by atoms with Crippen molar-refractivity contribution in [2.75, 3.05) is 33.7 Å². The Hall–Kier alpha value is -1.82. The molecule has 1 N–H and O–H groups in total. The van der Waals surface area contributed by atoms with E-state index >= 15 is 0 Å². The second-order valence-corrected chi connectivity index (χ2v) is 6.62. The van der Waals surface area contributed by atoms with Crippen molar-refractivity contribution < 1.29 is 14.0 Å². The molecule has 1 aromatic rings. The lowest BCUT2D eigenvalue weighted by atomic mass is 9.79. The molecule has 0 aliphatic carbocycles. The topological polar surface area (TPSA) is 65.8 Å². The third-order valence-electron chi connectivity index (χ3n) is 4.58. The van der Waals surface area contributed by atoms with Crippen LogP contribution in [-0.2, 0) is 11.3 Å². The summed E-state index contributed by atoms with van der Waals surface area (Å²) in [6.45, 7) is 2.54. The Labute approximate surface area is 130 Å². The SMILES string of the molecule is CN(C)Cc1ccc(C(=O)N2CC[C@]3(CCCNC3=O)C2)o1. The lowest BCUT2D eigenvalue weighted by Gasteiger charge is -2.31. The van der Waals surface area contributed by atoms with Gasteiger partial charge in [0.05, 0.1) is 12.0 Å². The predicted molar refractivity (Wildman–Crippen MR) is 81.3 cm³/mol. The zero-order valence-corrected chi connectivity index (χ0v) is 13.2. The van der Waals surface area contributed by atoms with Gasteiger partial charge in [0.15, 0.2) is 5.76 Å². The second kappa shape index (κ2) is 5.76. The van der Waals surface area contributed by atoms with Gasteiger partial charge in [-0.1, -0.05) is 0 Å². The van der Waals surface area contributed by atoms with Crippen LogP contribution in [0.15, 0.2) is 16.5 Å². The average Bonchev–Trinajstić information content (AvgIpc) is 3.09. The predicted octanol–water partition coefficient (Wildman–Crippen LogP) is 1.08. The van der Waals surface area contributed by atoms with Crippen molar-refractivity contribution in [1.29, 1.82) is 0 Å². The van der Waals surface area contributed by atoms with E-state index in [1.54, 1.807) is 11.0 Å². The average molecular weight is 305 g/mol. The summed E-state index contributed by atoms with van der Waals surface area (Å²) in [4.78, 5) is 28.5. The van der Waals surface area contributed by atoms with Crippen molar-refractivity contribution in [3.63, 3.8) is 0 Å². The number of piperidine rings is 1. The van der Waals surface area contributed by atoms with E-state index in [0.29, 0.717) is 25.4 Å². The van der Waals surface area contributed by atoms with Crippen LogP contribution in [0, 0.1) is 5.41 Å². The van der Waals surface area contributed by atoms with Crippen LogP contribution in [0.3, 0.4) is 0 Å². The number of carbonyl (C=O) groups is 2. The Bertz CT molecular complexity index is 581. The van der Waals surface area contributed by atoms with Crippen molar-refractivity contribution in [3.05, 3.63) is 23.7 Å². The summed E-state index contributed by atoms with van der Waals surface area (Å²) in [5, 5.41) is 2.93. The molecule has 2 fully saturated rings. The number of carbonyl (C=O) groups excluding carboxylic acids is 2. The van der Waals surface area contributed by atoms with Crippen LogP contribution in [0.25, 0.3) is 0 Å². The van der Waals surface area contributed by atoms with E-state index in [4.69, 9.17) is 4.42 Å². The molecule has 6 heteroatoms. The molecule has 6 nitrogen and oxygen atoms in total. The minimum atomic E-state index is -0.382. The van der Waals surface area contributed by atoms with Gasteiger partial charge in [0.1, 0.15) is 5.76 Å². The first kappa shape index (κ1) is 15.1. The van der Waals surface area contributed by atoms with Crippen molar-refractivity contribution in [2.45, 2.75) is 25.8 Å². The summed E-state index contributed by atoms with van der Waals surface area (Å²) in [5.74, 6) is 1.13. The molecule has 3 rings (SSSR count). The summed E-state index contributed by atoms with van der Waals surface area (Å²) in [5.41, 5.74) is -0.382. The van der Waals surface area contributed by atoms with Gasteiger partial charge in [0, 0.05) is 19.6 Å². The first-order valence-corrected chi connectivity index (χ1v) is 7.81. The van der Waals surface area contributed by atoms with E-state index < -0.39 is 0 Å². The molecule has 1 spiro atoms. The molecular weight excluding hydrogens is 282 g/mol. The third kappa shape index (κ3) is 2.75. The van der Waals surface area contributed by atoms with Gasteiger partial charge in [-0.25, -0.2) is 0 Å². The quantitative estimate of drug-likeness (QED) is 0.907. The maximum absolute atomic E-state index is 12.6. The van der Waals surface area contributed by atoms with Crippen molar-refractivity contribution >= 4 is 11.8 Å². The fourth-order valence-electron chi connectivity index (χ4n) is 3.41. The molecule has 2 amide bonds. The van der Waals surface area contributed by atoms with Crippen LogP contribution in [0.4, 0.5) is 0 Å². The van der Waals surface area contributed by atoms with Gasteiger partial charge in [-0.3, -0.25) is 9.59 Å². The fraction of sp³-hybridized carbons (Fsp3) is 0.625. The van der Waals surface area contributed by atoms with E-state index in [1.807, 2.05) is 25.1 Å². The Morgan fingerprint density at radius 3 is 2.95 bits per heavy atom. The Morgan fingerprint density at radius 1 is 1.41 bits per heavy atom. The normalized spacial score (nSPS) is 25.0. The van der Waals surface area contributed by atoms with Gasteiger partial charge in [0.25, 0.3) is 5.91 Å². The molecule has 0 radical (unpaired) electrons. The van der Waals surface area contributed by atoms with Crippen molar-refractivity contribution in [3.8, 4) is 0 Å². The molecule has 2 aliphatic heterocycles. The van der Waals surface area contributed by atoms with Gasteiger partial charge in [-0.05, 0) is 45.5 Å². The van der Waals surface area contributed by atoms with Crippen LogP contribution in [0.5, 0.6) is 0 Å². The van der Waals surface area contributed by atoms with Crippen LogP contribution in [0.1, 0.15) is 35.6 Å². The fourth-order valence-corrected chi connectivity index (χ4v) is 3.41. The molecule has 0 unspecified atom stereocenters. The van der Waals surface area contributed by atoms with E-state index in [1.165, 1.54) is 0 Å². The Kier molecular flexibility index (Phi) is 3.95. The molecule has 0 saturated carbocycles. The molecule has 2 aliphatic rings. The molecule has 3 heterocycles. The highest BCUT2D eigenvalue weighted by atomic mass is 16.4. The number of furan rings is 1. The largest absolute Gasteiger partial charge is 0.455 e. The zero-order chi connectivity index (χ0) is 15.7. The number of amides is 2. The number of hydrogen-bond donors (Lipinski definition) is 1. The number of likely N-dealkylation sites (tertiary alicyclic amines) is 1. The van der Waals surface area contributed by atoms with Gasteiger partial charge in [0.2, 0.25) is 5.91 Å². The maximum Gasteiger partial charge on any atom is 0.289 e. The minimum absolute atomic E-state index is 0.0989. The Balaban J connectivity index is 1.68. The molecule has 0 aromatic carbocycles. The summed E-state index contributed by atoms with van der Waals surface area (Å²) in [6, 6.07) is 3.57. The summed E-state index contributed by atoms with van der Waals surface area (Å²) >= 11 is 0. The summed E-state index contributed by atoms with van der Waals surface area (Å²) in [6.07, 6.45) is 2.60. The second-order valence-electron chi connectivity index (χ2n) is 6.62. The van der Waals surface area contributed by atoms with Crippen molar-refractivity contribution in [2.24, 2.45) is 5.41 Å². The number of hydrogen-bond acceptors (Lipinski definition) is 4. The van der Waals surface area contributed by atoms with E-state index in [9.17, 15) is 9.59 Å². The molecule has 2 saturated heterocycles. The minimum Gasteiger partial charge on any atom is -0.455 e. The zero-order valence-electron chi connectivity index (χ0n) is 13.2. The highest BCUT2D eigenvalue weighted by Gasteiger charge is 2.47. The smallest absolute Gasteiger partial charge is 0.289 e. The standard InChI is InChI=1S/C16H23N3O3/c1-18(2)10-12-4-5-13(22-12)14(20)19-9-7-16(11-19)6-3-8-17-15(16)21/h4-5H,3,6-11H2,1-2H3,(H,17,21)/t16-/m1/s1. The van der Waals surface area contributed by atoms with Crippen LogP contribution in [-0.4, -0.2) is 55.3 Å². The van der Waals surface area contributed by atoms with Gasteiger partial charge in [-0.2, -0.15) is 0 Å². The Morgan fingerprint density at radius 2 is 2.23 bits per heavy atom. The van der Waals surface area contributed by atoms with Gasteiger partial charge >= 0.3 is 0 Å². The molecule has 1 aromatic heterocycles. The number of rotatable bonds is 3. The first-order chi connectivity index (χ1) is 10.5. The molecule has 1 atom stereocenters. The first-order valence-electron chi connectivity index (χ1n) is 7.81. The van der Waals surface area contributed by atoms with E-state index in [0.717, 1.165) is 31.6 Å². The van der Waals surface area contributed by atoms with Crippen LogP contribution < -0.4 is 5.32 Å². The molecule has 22 heavy (non-hydrogen) atoms. The molecule has 0 bridgehead atoms. The third-order valence-corrected chi connectivity index (χ3v) is 4.58. The van der Waals surface area contributed by atoms with E-state index in [2.05, 4.69) is 5.32 Å². The maximum atomic E-state index is 12.6. The highest BCUT2D eigenvalue weighted by molar-refractivity contribution is 5.93. The highest BCUT2D eigenvalue weighted by Crippen LogP contribution is 2.37. The molecular formula is C16H23N3O3. The van der Waals surface area contributed by atoms with Crippen LogP contribution >= 0.6 is 0 Å². The van der Waals surface area contributed by atoms with Crippen LogP contribution in [0.2, 0.25) is 0 Å². The lowest BCUT2D eigenvalue weighted by molar-refractivity contribution is -0.132. The number of nitrogens with zero attached hydrogens (tertiary/aromatic N) is 2. The lowest BCUT2D eigenvalue weighted by Crippen LogP contribution is -2.47. The monoisotopic (exact) mass is 305 g/mol. The van der Waals surface area contributed by atoms with Gasteiger partial charge in [-0.15, -0.1) is 0 Å². The molecule has 120 valence electrons. The van der Waals surface area contributed by atoms with Gasteiger partial charge < -0.3 is 19.5 Å².